The molecule has 2 N–H and O–H groups in total. The minimum atomic E-state index is -2.99. The van der Waals surface area contributed by atoms with Gasteiger partial charge < -0.3 is 14.9 Å². The van der Waals surface area contributed by atoms with Crippen molar-refractivity contribution in [3.63, 3.8) is 0 Å². The van der Waals surface area contributed by atoms with Crippen molar-refractivity contribution in [3.8, 4) is 0 Å². The van der Waals surface area contributed by atoms with E-state index in [1.165, 1.54) is 25.7 Å². The zero-order chi connectivity index (χ0) is 24.0. The Bertz CT molecular complexity index is 510. The molecule has 4 nitrogen and oxygen atoms in total. The Labute approximate surface area is 193 Å². The van der Waals surface area contributed by atoms with Crippen LogP contribution < -0.4 is 0 Å². The molecule has 0 bridgehead atoms. The molecule has 32 heavy (non-hydrogen) atoms. The lowest BCUT2D eigenvalue weighted by molar-refractivity contribution is -0.302. The lowest BCUT2D eigenvalue weighted by Crippen LogP contribution is -2.39. The third-order valence-electron chi connectivity index (χ3n) is 7.22. The molecule has 0 aromatic carbocycles. The number of aliphatic hydroxyl groups excluding tert-OH is 1. The van der Waals surface area contributed by atoms with Crippen LogP contribution in [0.4, 0.5) is 8.78 Å². The molecule has 0 aromatic heterocycles. The number of unbranched alkanes of at least 4 members (excludes halogenated alkanes) is 2. The van der Waals surface area contributed by atoms with Crippen molar-refractivity contribution >= 4 is 6.47 Å². The highest BCUT2D eigenvalue weighted by molar-refractivity contribution is 5.32. The van der Waals surface area contributed by atoms with Gasteiger partial charge in [-0.3, -0.25) is 4.79 Å². The second-order valence-corrected chi connectivity index (χ2v) is 10.1. The van der Waals surface area contributed by atoms with Gasteiger partial charge in [-0.2, -0.15) is 8.78 Å². The summed E-state index contributed by atoms with van der Waals surface area (Å²) < 4.78 is 35.0. The minimum Gasteiger partial charge on any atom is -0.483 e. The Kier molecular flexibility index (Phi) is 14.3. The molecule has 188 valence electrons. The first-order valence-corrected chi connectivity index (χ1v) is 12.6. The van der Waals surface area contributed by atoms with E-state index in [0.717, 1.165) is 56.9 Å². The Morgan fingerprint density at radius 2 is 1.66 bits per heavy atom. The van der Waals surface area contributed by atoms with Crippen molar-refractivity contribution in [2.75, 3.05) is 6.61 Å². The van der Waals surface area contributed by atoms with Crippen LogP contribution >= 0.6 is 0 Å². The van der Waals surface area contributed by atoms with Crippen molar-refractivity contribution in [3.05, 3.63) is 12.2 Å². The summed E-state index contributed by atoms with van der Waals surface area (Å²) in [7, 11) is 0. The van der Waals surface area contributed by atoms with E-state index >= 15 is 0 Å². The Balaban J connectivity index is 0.00000161. The molecule has 0 saturated heterocycles. The van der Waals surface area contributed by atoms with Crippen LogP contribution in [0.2, 0.25) is 0 Å². The smallest absolute Gasteiger partial charge is 0.358 e. The molecular formula is C26H46F2O4. The largest absolute Gasteiger partial charge is 0.483 e. The van der Waals surface area contributed by atoms with Crippen molar-refractivity contribution in [2.45, 2.75) is 116 Å². The van der Waals surface area contributed by atoms with Gasteiger partial charge in [0.15, 0.2) is 0 Å². The summed E-state index contributed by atoms with van der Waals surface area (Å²) in [6, 6.07) is 0. The Morgan fingerprint density at radius 1 is 1.09 bits per heavy atom. The number of halogens is 2. The first kappa shape index (κ1) is 29.0. The van der Waals surface area contributed by atoms with E-state index in [4.69, 9.17) is 14.6 Å². The first-order chi connectivity index (χ1) is 15.2. The standard InChI is InChI=1S/C25H44F2O2.CH2O2/c1-4-5-6-7-20-10-14-24(15-11-20)29-25(26,27)23-12-8-21(9-13-23)17-22(18-28)16-19(2)3;2-1-3/h20-24,28H,2,4-18H2,1,3H3;1H,(H,2,3). The third-order valence-corrected chi connectivity index (χ3v) is 7.22. The highest BCUT2D eigenvalue weighted by atomic mass is 19.3. The zero-order valence-electron chi connectivity index (χ0n) is 20.2. The molecule has 0 aliphatic heterocycles. The summed E-state index contributed by atoms with van der Waals surface area (Å²) in [6.07, 6.45) is 9.93. The fourth-order valence-corrected chi connectivity index (χ4v) is 5.46. The number of alkyl halides is 2. The molecule has 6 heteroatoms. The van der Waals surface area contributed by atoms with E-state index < -0.39 is 12.0 Å². The van der Waals surface area contributed by atoms with Crippen LogP contribution in [0, 0.1) is 23.7 Å². The molecule has 2 rings (SSSR count). The maximum Gasteiger partial charge on any atom is 0.358 e. The van der Waals surface area contributed by atoms with Gasteiger partial charge in [-0.05, 0) is 88.9 Å². The maximum absolute atomic E-state index is 14.8. The highest BCUT2D eigenvalue weighted by Crippen LogP contribution is 2.43. The number of carbonyl (C=O) groups is 1. The fraction of sp³-hybridized carbons (Fsp3) is 0.885. The van der Waals surface area contributed by atoms with Gasteiger partial charge in [-0.25, -0.2) is 0 Å². The molecule has 0 radical (unpaired) electrons. The number of ether oxygens (including phenoxy) is 1. The molecule has 1 unspecified atom stereocenters. The predicted molar refractivity (Wildman–Crippen MR) is 125 cm³/mol. The average molecular weight is 461 g/mol. The van der Waals surface area contributed by atoms with Gasteiger partial charge in [0.2, 0.25) is 0 Å². The lowest BCUT2D eigenvalue weighted by Gasteiger charge is -2.37. The van der Waals surface area contributed by atoms with Gasteiger partial charge in [-0.1, -0.05) is 38.2 Å². The topological polar surface area (TPSA) is 66.8 Å². The van der Waals surface area contributed by atoms with Gasteiger partial charge in [0.05, 0.1) is 12.0 Å². The summed E-state index contributed by atoms with van der Waals surface area (Å²) in [6.45, 7) is 8.04. The summed E-state index contributed by atoms with van der Waals surface area (Å²) in [5.74, 6) is 0.731. The number of hydrogen-bond acceptors (Lipinski definition) is 3. The van der Waals surface area contributed by atoms with E-state index in [1.807, 2.05) is 6.92 Å². The van der Waals surface area contributed by atoms with Crippen LogP contribution in [0.3, 0.4) is 0 Å². The lowest BCUT2D eigenvalue weighted by atomic mass is 9.76. The van der Waals surface area contributed by atoms with Gasteiger partial charge in [0, 0.05) is 6.61 Å². The quantitative estimate of drug-likeness (QED) is 0.183. The van der Waals surface area contributed by atoms with Crippen LogP contribution in [0.25, 0.3) is 0 Å². The van der Waals surface area contributed by atoms with Gasteiger partial charge in [-0.15, -0.1) is 6.58 Å². The Hall–Kier alpha value is -1.01. The van der Waals surface area contributed by atoms with Crippen LogP contribution in [-0.4, -0.2) is 35.5 Å². The maximum atomic E-state index is 14.8. The molecule has 0 heterocycles. The summed E-state index contributed by atoms with van der Waals surface area (Å²) in [5, 5.41) is 16.5. The van der Waals surface area contributed by atoms with E-state index in [9.17, 15) is 13.9 Å². The van der Waals surface area contributed by atoms with E-state index in [0.29, 0.717) is 24.7 Å². The minimum absolute atomic E-state index is 0.160. The third kappa shape index (κ3) is 11.2. The van der Waals surface area contributed by atoms with Crippen molar-refractivity contribution in [1.29, 1.82) is 0 Å². The van der Waals surface area contributed by atoms with E-state index in [2.05, 4.69) is 13.5 Å². The van der Waals surface area contributed by atoms with E-state index in [1.54, 1.807) is 0 Å². The number of carboxylic acid groups (broad SMARTS) is 1. The highest BCUT2D eigenvalue weighted by Gasteiger charge is 2.44. The van der Waals surface area contributed by atoms with Crippen molar-refractivity contribution in [1.82, 2.24) is 0 Å². The second kappa shape index (κ2) is 15.8. The van der Waals surface area contributed by atoms with Gasteiger partial charge in [0.1, 0.15) is 0 Å². The van der Waals surface area contributed by atoms with Crippen LogP contribution in [0.5, 0.6) is 0 Å². The molecule has 1 atom stereocenters. The molecule has 2 aliphatic carbocycles. The summed E-state index contributed by atoms with van der Waals surface area (Å²) in [5.41, 5.74) is 1.08. The molecule has 2 saturated carbocycles. The average Bonchev–Trinajstić information content (AvgIpc) is 2.75. The van der Waals surface area contributed by atoms with Crippen LogP contribution in [0.15, 0.2) is 12.2 Å². The number of rotatable bonds is 12. The summed E-state index contributed by atoms with van der Waals surface area (Å²) >= 11 is 0. The van der Waals surface area contributed by atoms with Crippen LogP contribution in [0.1, 0.15) is 104 Å². The monoisotopic (exact) mass is 460 g/mol. The van der Waals surface area contributed by atoms with E-state index in [-0.39, 0.29) is 25.1 Å². The summed E-state index contributed by atoms with van der Waals surface area (Å²) in [4.78, 5) is 8.36. The first-order valence-electron chi connectivity index (χ1n) is 12.6. The second-order valence-electron chi connectivity index (χ2n) is 10.1. The van der Waals surface area contributed by atoms with Crippen molar-refractivity contribution in [2.24, 2.45) is 23.7 Å². The molecule has 0 aromatic rings. The number of aliphatic hydroxyl groups is 1. The van der Waals surface area contributed by atoms with Gasteiger partial charge >= 0.3 is 6.11 Å². The molecular weight excluding hydrogens is 414 g/mol. The SMILES string of the molecule is C=C(C)CC(CO)CC1CCC(C(F)(F)OC2CCC(CCCCC)CC2)CC1.O=CO. The fourth-order valence-electron chi connectivity index (χ4n) is 5.46. The Morgan fingerprint density at radius 3 is 2.16 bits per heavy atom. The molecule has 2 aliphatic rings. The molecule has 0 spiro atoms. The molecule has 2 fully saturated rings. The zero-order valence-corrected chi connectivity index (χ0v) is 20.2. The number of allylic oxidation sites excluding steroid dienone is 1. The van der Waals surface area contributed by atoms with Crippen molar-refractivity contribution < 1.29 is 28.5 Å². The normalized spacial score (nSPS) is 27.2. The predicted octanol–water partition coefficient (Wildman–Crippen LogP) is 7.21. The number of hydrogen-bond donors (Lipinski definition) is 2. The van der Waals surface area contributed by atoms with Gasteiger partial charge in [0.25, 0.3) is 6.47 Å². The van der Waals surface area contributed by atoms with Crippen LogP contribution in [-0.2, 0) is 9.53 Å². The molecule has 0 amide bonds.